The highest BCUT2D eigenvalue weighted by Gasteiger charge is 2.73. The molecule has 0 aliphatic heterocycles. The van der Waals surface area contributed by atoms with Crippen LogP contribution in [-0.4, -0.2) is 23.0 Å². The molecule has 2 aromatic carbocycles. The first-order chi connectivity index (χ1) is 13.5. The summed E-state index contributed by atoms with van der Waals surface area (Å²) in [6.45, 7) is 0. The summed E-state index contributed by atoms with van der Waals surface area (Å²) in [6, 6.07) is 11.0. The molecule has 0 fully saturated rings. The van der Waals surface area contributed by atoms with Crippen molar-refractivity contribution in [1.29, 1.82) is 0 Å². The second kappa shape index (κ2) is 7.02. The number of nitrogens with zero attached hydrogens (tertiary/aromatic N) is 1. The Labute approximate surface area is 159 Å². The normalized spacial score (nSPS) is 12.8. The molecule has 1 N–H and O–H groups in total. The second-order valence-corrected chi connectivity index (χ2v) is 6.03. The van der Waals surface area contributed by atoms with Crippen LogP contribution in [0.3, 0.4) is 0 Å². The van der Waals surface area contributed by atoms with Crippen molar-refractivity contribution in [2.45, 2.75) is 18.0 Å². The van der Waals surface area contributed by atoms with Crippen molar-refractivity contribution in [2.24, 2.45) is 0 Å². The third-order valence-electron chi connectivity index (χ3n) is 4.14. The average molecular weight is 416 g/mol. The number of nitrogens with one attached hydrogen (secondary N) is 1. The predicted octanol–water partition coefficient (Wildman–Crippen LogP) is 5.78. The number of fused-ring (bicyclic) bond motifs is 1. The van der Waals surface area contributed by atoms with E-state index in [1.54, 1.807) is 18.2 Å². The van der Waals surface area contributed by atoms with Gasteiger partial charge in [0.2, 0.25) is 0 Å². The first kappa shape index (κ1) is 20.6. The number of rotatable bonds is 4. The maximum atomic E-state index is 14.2. The molecule has 0 saturated carbocycles. The molecular weight excluding hydrogens is 405 g/mol. The van der Waals surface area contributed by atoms with Crippen LogP contribution in [0, 0.1) is 0 Å². The molecule has 152 valence electrons. The van der Waals surface area contributed by atoms with Gasteiger partial charge in [0.05, 0.1) is 11.2 Å². The van der Waals surface area contributed by atoms with Crippen LogP contribution >= 0.6 is 0 Å². The maximum Gasteiger partial charge on any atom is 0.460 e. The Morgan fingerprint density at radius 3 is 2.10 bits per heavy atom. The molecule has 3 aromatic rings. The summed E-state index contributed by atoms with van der Waals surface area (Å²) in [5.41, 5.74) is -1.81. The topological polar surface area (TPSA) is 42.0 Å². The molecule has 1 amide bonds. The Balaban J connectivity index is 2.10. The molecular formula is C19H11F7N2O. The van der Waals surface area contributed by atoms with Gasteiger partial charge in [0.25, 0.3) is 5.91 Å². The molecule has 0 unspecified atom stereocenters. The Bertz CT molecular complexity index is 1050. The first-order valence-electron chi connectivity index (χ1n) is 8.04. The van der Waals surface area contributed by atoms with E-state index in [9.17, 15) is 35.5 Å². The third kappa shape index (κ3) is 3.50. The number of pyridine rings is 1. The lowest BCUT2D eigenvalue weighted by Crippen LogP contribution is -2.50. The Hall–Kier alpha value is -3.17. The summed E-state index contributed by atoms with van der Waals surface area (Å²) in [6.07, 6.45) is -5.34. The highest BCUT2D eigenvalue weighted by molar-refractivity contribution is 6.08. The Morgan fingerprint density at radius 2 is 1.48 bits per heavy atom. The molecule has 1 heterocycles. The van der Waals surface area contributed by atoms with E-state index in [4.69, 9.17) is 0 Å². The summed E-state index contributed by atoms with van der Waals surface area (Å²) in [5.74, 6) is -12.5. The van der Waals surface area contributed by atoms with Crippen molar-refractivity contribution in [2.75, 3.05) is 5.32 Å². The van der Waals surface area contributed by atoms with E-state index in [2.05, 4.69) is 10.3 Å². The number of halogens is 7. The summed E-state index contributed by atoms with van der Waals surface area (Å²) in [7, 11) is 0. The minimum Gasteiger partial charge on any atom is -0.320 e. The van der Waals surface area contributed by atoms with Gasteiger partial charge in [0.1, 0.15) is 0 Å². The lowest BCUT2D eigenvalue weighted by Gasteiger charge is -2.29. The van der Waals surface area contributed by atoms with Gasteiger partial charge in [-0.1, -0.05) is 24.3 Å². The Morgan fingerprint density at radius 1 is 0.828 bits per heavy atom. The van der Waals surface area contributed by atoms with Crippen molar-refractivity contribution in [3.63, 3.8) is 0 Å². The highest BCUT2D eigenvalue weighted by Crippen LogP contribution is 2.53. The lowest BCUT2D eigenvalue weighted by molar-refractivity contribution is -0.359. The van der Waals surface area contributed by atoms with Gasteiger partial charge in [-0.2, -0.15) is 30.7 Å². The molecule has 0 aliphatic rings. The number of benzene rings is 2. The number of hydrogen-bond acceptors (Lipinski definition) is 2. The average Bonchev–Trinajstić information content (AvgIpc) is 2.67. The molecule has 0 bridgehead atoms. The van der Waals surface area contributed by atoms with Crippen LogP contribution in [0.15, 0.2) is 60.8 Å². The van der Waals surface area contributed by atoms with Crippen LogP contribution in [0.25, 0.3) is 10.9 Å². The molecule has 0 saturated heterocycles. The third-order valence-corrected chi connectivity index (χ3v) is 4.14. The van der Waals surface area contributed by atoms with E-state index in [-0.39, 0.29) is 16.8 Å². The monoisotopic (exact) mass is 416 g/mol. The molecule has 3 rings (SSSR count). The van der Waals surface area contributed by atoms with Gasteiger partial charge in [-0.15, -0.1) is 0 Å². The number of carbonyl (C=O) groups excluding carboxylic acids is 1. The zero-order valence-electron chi connectivity index (χ0n) is 14.3. The van der Waals surface area contributed by atoms with E-state index in [0.717, 1.165) is 24.4 Å². The fourth-order valence-electron chi connectivity index (χ4n) is 2.68. The Kier molecular flexibility index (Phi) is 4.97. The van der Waals surface area contributed by atoms with E-state index >= 15 is 0 Å². The fourth-order valence-corrected chi connectivity index (χ4v) is 2.68. The van der Waals surface area contributed by atoms with Crippen LogP contribution in [-0.2, 0) is 5.92 Å². The number of aromatic nitrogens is 1. The van der Waals surface area contributed by atoms with Gasteiger partial charge >= 0.3 is 18.0 Å². The van der Waals surface area contributed by atoms with Crippen molar-refractivity contribution >= 4 is 22.5 Å². The van der Waals surface area contributed by atoms with E-state index in [0.29, 0.717) is 6.07 Å². The molecule has 3 nitrogen and oxygen atoms in total. The number of amides is 1. The quantitative estimate of drug-likeness (QED) is 0.548. The molecule has 0 radical (unpaired) electrons. The van der Waals surface area contributed by atoms with E-state index < -0.39 is 34.9 Å². The van der Waals surface area contributed by atoms with Crippen LogP contribution in [0.4, 0.5) is 36.4 Å². The lowest BCUT2D eigenvalue weighted by atomic mass is 9.96. The summed E-state index contributed by atoms with van der Waals surface area (Å²) in [4.78, 5) is 16.0. The number of carbonyl (C=O) groups is 1. The molecule has 0 spiro atoms. The zero-order chi connectivity index (χ0) is 21.4. The number of hydrogen-bond donors (Lipinski definition) is 1. The van der Waals surface area contributed by atoms with Crippen LogP contribution < -0.4 is 5.32 Å². The minimum atomic E-state index is -6.47. The van der Waals surface area contributed by atoms with Gasteiger partial charge in [-0.05, 0) is 30.3 Å². The van der Waals surface area contributed by atoms with Crippen LogP contribution in [0.1, 0.15) is 15.9 Å². The van der Waals surface area contributed by atoms with E-state index in [1.165, 1.54) is 12.1 Å². The van der Waals surface area contributed by atoms with Gasteiger partial charge < -0.3 is 5.32 Å². The predicted molar refractivity (Wildman–Crippen MR) is 91.0 cm³/mol. The van der Waals surface area contributed by atoms with Crippen LogP contribution in [0.2, 0.25) is 0 Å². The second-order valence-electron chi connectivity index (χ2n) is 6.03. The largest absolute Gasteiger partial charge is 0.460 e. The SMILES string of the molecule is O=C(Nc1ccc(C(F)(F)C(F)(F)C(F)(F)F)c2cccnc12)c1ccccc1. The van der Waals surface area contributed by atoms with Crippen molar-refractivity contribution < 1.29 is 35.5 Å². The standard InChI is InChI=1S/C19H11F7N2O/c20-17(21,18(22,23)19(24,25)26)13-8-9-14(15-12(13)7-4-10-27-15)28-16(29)11-5-2-1-3-6-11/h1-10H,(H,28,29). The van der Waals surface area contributed by atoms with Crippen molar-refractivity contribution in [3.8, 4) is 0 Å². The fraction of sp³-hybridized carbons (Fsp3) is 0.158. The van der Waals surface area contributed by atoms with Crippen molar-refractivity contribution in [1.82, 2.24) is 4.98 Å². The van der Waals surface area contributed by atoms with Crippen molar-refractivity contribution in [3.05, 3.63) is 71.9 Å². The van der Waals surface area contributed by atoms with Gasteiger partial charge in [-0.25, -0.2) is 0 Å². The van der Waals surface area contributed by atoms with Crippen LogP contribution in [0.5, 0.6) is 0 Å². The minimum absolute atomic E-state index is 0.121. The zero-order valence-corrected chi connectivity index (χ0v) is 14.3. The summed E-state index contributed by atoms with van der Waals surface area (Å²) in [5, 5.41) is 1.75. The van der Waals surface area contributed by atoms with Gasteiger partial charge in [-0.3, -0.25) is 9.78 Å². The number of alkyl halides is 7. The molecule has 0 atom stereocenters. The maximum absolute atomic E-state index is 14.2. The molecule has 29 heavy (non-hydrogen) atoms. The highest BCUT2D eigenvalue weighted by atomic mass is 19.4. The van der Waals surface area contributed by atoms with Gasteiger partial charge in [0.15, 0.2) is 0 Å². The first-order valence-corrected chi connectivity index (χ1v) is 8.04. The molecule has 10 heteroatoms. The summed E-state index contributed by atoms with van der Waals surface area (Å²) < 4.78 is 93.1. The van der Waals surface area contributed by atoms with E-state index in [1.807, 2.05) is 0 Å². The molecule has 1 aromatic heterocycles. The molecule has 0 aliphatic carbocycles. The van der Waals surface area contributed by atoms with Gasteiger partial charge in [0, 0.05) is 22.7 Å². The number of anilines is 1. The summed E-state index contributed by atoms with van der Waals surface area (Å²) >= 11 is 0. The smallest absolute Gasteiger partial charge is 0.320 e.